The second kappa shape index (κ2) is 5.31. The summed E-state index contributed by atoms with van der Waals surface area (Å²) in [5, 5.41) is 1.10. The molecule has 0 fully saturated rings. The number of nitrogens with zero attached hydrogens (tertiary/aromatic N) is 2. The molecule has 0 aliphatic heterocycles. The molecule has 0 unspecified atom stereocenters. The summed E-state index contributed by atoms with van der Waals surface area (Å²) in [7, 11) is 0. The van der Waals surface area contributed by atoms with Crippen molar-refractivity contribution in [2.75, 3.05) is 6.54 Å². The fourth-order valence-corrected chi connectivity index (χ4v) is 2.48. The van der Waals surface area contributed by atoms with Crippen LogP contribution >= 0.6 is 23.2 Å². The lowest BCUT2D eigenvalue weighted by Gasteiger charge is -2.20. The first kappa shape index (κ1) is 14.6. The van der Waals surface area contributed by atoms with E-state index in [-0.39, 0.29) is 5.41 Å². The molecule has 3 nitrogen and oxygen atoms in total. The van der Waals surface area contributed by atoms with Gasteiger partial charge in [0.2, 0.25) is 0 Å². The van der Waals surface area contributed by atoms with Gasteiger partial charge < -0.3 is 10.3 Å². The lowest BCUT2D eigenvalue weighted by Crippen LogP contribution is -2.20. The van der Waals surface area contributed by atoms with E-state index in [0.29, 0.717) is 16.6 Å². The Balaban J connectivity index is 2.67. The van der Waals surface area contributed by atoms with Crippen LogP contribution in [0.1, 0.15) is 33.0 Å². The van der Waals surface area contributed by atoms with Gasteiger partial charge in [-0.2, -0.15) is 0 Å². The van der Waals surface area contributed by atoms with Crippen molar-refractivity contribution in [2.45, 2.75) is 39.2 Å². The first-order valence-electron chi connectivity index (χ1n) is 6.40. The normalized spacial score (nSPS) is 12.3. The highest BCUT2D eigenvalue weighted by atomic mass is 35.5. The average molecular weight is 300 g/mol. The maximum absolute atomic E-state index is 6.12. The van der Waals surface area contributed by atoms with Gasteiger partial charge in [-0.1, -0.05) is 44.0 Å². The maximum atomic E-state index is 6.12. The van der Waals surface area contributed by atoms with Gasteiger partial charge in [-0.05, 0) is 25.1 Å². The van der Waals surface area contributed by atoms with Crippen molar-refractivity contribution >= 4 is 34.2 Å². The molecule has 0 aliphatic carbocycles. The zero-order valence-electron chi connectivity index (χ0n) is 11.5. The van der Waals surface area contributed by atoms with Gasteiger partial charge in [0, 0.05) is 12.0 Å². The average Bonchev–Trinajstić information content (AvgIpc) is 2.65. The van der Waals surface area contributed by atoms with Gasteiger partial charge in [-0.25, -0.2) is 4.98 Å². The SMILES string of the molecule is CC(C)(C)c1nc2cc(Cl)c(Cl)cc2n1CCCN. The Hall–Kier alpha value is -0.770. The number of aryl methyl sites for hydroxylation is 1. The molecule has 1 heterocycles. The van der Waals surface area contributed by atoms with Gasteiger partial charge in [0.25, 0.3) is 0 Å². The summed E-state index contributed by atoms with van der Waals surface area (Å²) >= 11 is 12.2. The van der Waals surface area contributed by atoms with E-state index >= 15 is 0 Å². The van der Waals surface area contributed by atoms with Crippen LogP contribution in [0, 0.1) is 0 Å². The van der Waals surface area contributed by atoms with Gasteiger partial charge in [0.15, 0.2) is 0 Å². The van der Waals surface area contributed by atoms with Crippen molar-refractivity contribution in [3.8, 4) is 0 Å². The van der Waals surface area contributed by atoms with E-state index in [2.05, 4.69) is 25.3 Å². The van der Waals surface area contributed by atoms with Crippen LogP contribution in [-0.4, -0.2) is 16.1 Å². The Labute approximate surface area is 123 Å². The second-order valence-electron chi connectivity index (χ2n) is 5.73. The molecule has 5 heteroatoms. The first-order valence-corrected chi connectivity index (χ1v) is 7.16. The number of hydrogen-bond acceptors (Lipinski definition) is 2. The molecule has 0 radical (unpaired) electrons. The Morgan fingerprint density at radius 2 is 1.84 bits per heavy atom. The van der Waals surface area contributed by atoms with Crippen molar-refractivity contribution in [3.63, 3.8) is 0 Å². The fraction of sp³-hybridized carbons (Fsp3) is 0.500. The molecule has 0 bridgehead atoms. The quantitative estimate of drug-likeness (QED) is 0.931. The van der Waals surface area contributed by atoms with Crippen LogP contribution in [0.15, 0.2) is 12.1 Å². The molecule has 19 heavy (non-hydrogen) atoms. The number of rotatable bonds is 3. The minimum Gasteiger partial charge on any atom is -0.330 e. The van der Waals surface area contributed by atoms with Gasteiger partial charge in [-0.15, -0.1) is 0 Å². The molecule has 0 aliphatic rings. The number of hydrogen-bond donors (Lipinski definition) is 1. The Kier molecular flexibility index (Phi) is 4.09. The monoisotopic (exact) mass is 299 g/mol. The summed E-state index contributed by atoms with van der Waals surface area (Å²) in [5.74, 6) is 1.04. The molecule has 1 aromatic heterocycles. The predicted molar refractivity (Wildman–Crippen MR) is 82.1 cm³/mol. The highest BCUT2D eigenvalue weighted by Gasteiger charge is 2.23. The molecule has 2 rings (SSSR count). The van der Waals surface area contributed by atoms with Crippen molar-refractivity contribution < 1.29 is 0 Å². The Bertz CT molecular complexity index is 597. The molecule has 0 spiro atoms. The minimum atomic E-state index is -0.0351. The molecule has 0 atom stereocenters. The molecule has 2 aromatic rings. The van der Waals surface area contributed by atoms with Crippen LogP contribution in [0.25, 0.3) is 11.0 Å². The highest BCUT2D eigenvalue weighted by molar-refractivity contribution is 6.42. The molecule has 0 amide bonds. The van der Waals surface area contributed by atoms with E-state index in [9.17, 15) is 0 Å². The third kappa shape index (κ3) is 2.88. The number of benzene rings is 1. The largest absolute Gasteiger partial charge is 0.330 e. The maximum Gasteiger partial charge on any atom is 0.115 e. The Morgan fingerprint density at radius 3 is 2.42 bits per heavy atom. The lowest BCUT2D eigenvalue weighted by atomic mass is 9.95. The van der Waals surface area contributed by atoms with E-state index in [1.807, 2.05) is 12.1 Å². The topological polar surface area (TPSA) is 43.8 Å². The Morgan fingerprint density at radius 1 is 1.21 bits per heavy atom. The van der Waals surface area contributed by atoms with Crippen LogP contribution < -0.4 is 5.73 Å². The summed E-state index contributed by atoms with van der Waals surface area (Å²) in [6, 6.07) is 3.71. The lowest BCUT2D eigenvalue weighted by molar-refractivity contribution is 0.498. The minimum absolute atomic E-state index is 0.0351. The summed E-state index contributed by atoms with van der Waals surface area (Å²) < 4.78 is 2.20. The number of halogens is 2. The van der Waals surface area contributed by atoms with Crippen LogP contribution in [0.2, 0.25) is 10.0 Å². The van der Waals surface area contributed by atoms with Crippen molar-refractivity contribution in [3.05, 3.63) is 28.0 Å². The summed E-state index contributed by atoms with van der Waals surface area (Å²) in [6.07, 6.45) is 0.911. The van der Waals surface area contributed by atoms with Crippen molar-refractivity contribution in [1.82, 2.24) is 9.55 Å². The zero-order chi connectivity index (χ0) is 14.2. The summed E-state index contributed by atoms with van der Waals surface area (Å²) in [4.78, 5) is 4.72. The molecule has 2 N–H and O–H groups in total. The summed E-state index contributed by atoms with van der Waals surface area (Å²) in [5.41, 5.74) is 7.49. The van der Waals surface area contributed by atoms with E-state index < -0.39 is 0 Å². The van der Waals surface area contributed by atoms with Crippen LogP contribution in [0.4, 0.5) is 0 Å². The van der Waals surface area contributed by atoms with Gasteiger partial charge in [-0.3, -0.25) is 0 Å². The fourth-order valence-electron chi connectivity index (χ4n) is 2.17. The summed E-state index contributed by atoms with van der Waals surface area (Å²) in [6.45, 7) is 7.95. The van der Waals surface area contributed by atoms with E-state index in [1.165, 1.54) is 0 Å². The number of imidazole rings is 1. The zero-order valence-corrected chi connectivity index (χ0v) is 13.0. The third-order valence-electron chi connectivity index (χ3n) is 3.05. The van der Waals surface area contributed by atoms with Crippen LogP contribution in [0.3, 0.4) is 0 Å². The molecule has 104 valence electrons. The van der Waals surface area contributed by atoms with E-state index in [1.54, 1.807) is 0 Å². The molecular weight excluding hydrogens is 281 g/mol. The smallest absolute Gasteiger partial charge is 0.115 e. The first-order chi connectivity index (χ1) is 8.84. The molecule has 0 saturated heterocycles. The number of fused-ring (bicyclic) bond motifs is 1. The van der Waals surface area contributed by atoms with Gasteiger partial charge in [0.05, 0.1) is 21.1 Å². The molecule has 0 saturated carbocycles. The van der Waals surface area contributed by atoms with Crippen LogP contribution in [0.5, 0.6) is 0 Å². The number of aromatic nitrogens is 2. The van der Waals surface area contributed by atoms with E-state index in [4.69, 9.17) is 33.9 Å². The second-order valence-corrected chi connectivity index (χ2v) is 6.55. The van der Waals surface area contributed by atoms with Crippen molar-refractivity contribution in [1.29, 1.82) is 0 Å². The standard InChI is InChI=1S/C14H19Cl2N3/c1-14(2,3)13-18-11-7-9(15)10(16)8-12(11)19(13)6-4-5-17/h7-8H,4-6,17H2,1-3H3. The third-order valence-corrected chi connectivity index (χ3v) is 3.77. The van der Waals surface area contributed by atoms with Crippen molar-refractivity contribution in [2.24, 2.45) is 5.73 Å². The van der Waals surface area contributed by atoms with E-state index in [0.717, 1.165) is 29.8 Å². The van der Waals surface area contributed by atoms with Gasteiger partial charge in [0.1, 0.15) is 5.82 Å². The molecule has 1 aromatic carbocycles. The van der Waals surface area contributed by atoms with Gasteiger partial charge >= 0.3 is 0 Å². The molecular formula is C14H19Cl2N3. The highest BCUT2D eigenvalue weighted by Crippen LogP contribution is 2.32. The van der Waals surface area contributed by atoms with Crippen LogP contribution in [-0.2, 0) is 12.0 Å². The number of nitrogens with two attached hydrogens (primary N) is 1. The predicted octanol–water partition coefficient (Wildman–Crippen LogP) is 3.99.